The molecule has 3 heterocycles. The second-order valence-corrected chi connectivity index (χ2v) is 11.8. The molecule has 2 N–H and O–H groups in total. The van der Waals surface area contributed by atoms with E-state index in [1.807, 2.05) is 4.90 Å². The third kappa shape index (κ3) is 5.57. The van der Waals surface area contributed by atoms with Gasteiger partial charge in [-0.1, -0.05) is 11.6 Å². The number of β-amino-alcohol motifs (C(OH)–C–C–N with tert-alkyl or cyclic N) is 1. The molecule has 1 aromatic carbocycles. The molecule has 5 rings (SSSR count). The third-order valence-electron chi connectivity index (χ3n) is 9.05. The van der Waals surface area contributed by atoms with Crippen molar-refractivity contribution >= 4 is 35.1 Å². The Morgan fingerprint density at radius 1 is 1.18 bits per heavy atom. The number of rotatable bonds is 4. The number of carbonyl (C=O) groups is 3. The van der Waals surface area contributed by atoms with Gasteiger partial charge in [-0.2, -0.15) is 13.2 Å². The van der Waals surface area contributed by atoms with Crippen molar-refractivity contribution in [3.8, 4) is 0 Å². The van der Waals surface area contributed by atoms with E-state index in [0.717, 1.165) is 56.7 Å². The van der Waals surface area contributed by atoms with Crippen molar-refractivity contribution in [2.24, 2.45) is 5.41 Å². The summed E-state index contributed by atoms with van der Waals surface area (Å²) in [5.41, 5.74) is -0.856. The van der Waals surface area contributed by atoms with E-state index in [4.69, 9.17) is 11.6 Å². The van der Waals surface area contributed by atoms with Crippen molar-refractivity contribution in [2.75, 3.05) is 25.0 Å². The van der Waals surface area contributed by atoms with Crippen LogP contribution >= 0.6 is 11.6 Å². The molecule has 12 heteroatoms. The highest BCUT2D eigenvalue weighted by atomic mass is 35.5. The molecule has 4 amide bonds. The lowest BCUT2D eigenvalue weighted by Gasteiger charge is -2.50. The number of halogens is 4. The molecule has 3 saturated heterocycles. The SMILES string of the molecule is C[C@H]1C(=O)N2[C@@H](CCC(=O)N3CCC4(CC4)[C@H](O)C3)CCC[C@H]2CN1C(=O)Nc1ccc(C(F)(F)F)c(Cl)c1. The van der Waals surface area contributed by atoms with Crippen LogP contribution in [-0.2, 0) is 15.8 Å². The van der Waals surface area contributed by atoms with E-state index < -0.39 is 34.9 Å². The minimum Gasteiger partial charge on any atom is -0.391 e. The smallest absolute Gasteiger partial charge is 0.391 e. The fourth-order valence-electron chi connectivity index (χ4n) is 6.44. The number of hydrogen-bond donors (Lipinski definition) is 2. The molecule has 0 unspecified atom stereocenters. The molecule has 0 radical (unpaired) electrons. The fraction of sp³-hybridized carbons (Fsp3) is 0.667. The van der Waals surface area contributed by atoms with Gasteiger partial charge in [0.05, 0.1) is 16.7 Å². The molecule has 4 aliphatic rings. The molecule has 0 aromatic heterocycles. The molecule has 8 nitrogen and oxygen atoms in total. The molecule has 4 atom stereocenters. The normalized spacial score (nSPS) is 28.4. The number of urea groups is 1. The zero-order valence-electron chi connectivity index (χ0n) is 21.8. The van der Waals surface area contributed by atoms with Crippen LogP contribution < -0.4 is 5.32 Å². The van der Waals surface area contributed by atoms with E-state index in [9.17, 15) is 32.7 Å². The molecule has 1 aromatic rings. The van der Waals surface area contributed by atoms with Crippen LogP contribution in [-0.4, -0.2) is 81.5 Å². The van der Waals surface area contributed by atoms with Crippen molar-refractivity contribution in [1.29, 1.82) is 0 Å². The van der Waals surface area contributed by atoms with Gasteiger partial charge in [-0.05, 0) is 75.5 Å². The monoisotopic (exact) mass is 570 g/mol. The van der Waals surface area contributed by atoms with Crippen LogP contribution in [0.15, 0.2) is 18.2 Å². The number of aliphatic hydroxyl groups is 1. The van der Waals surface area contributed by atoms with Gasteiger partial charge in [-0.25, -0.2) is 4.79 Å². The third-order valence-corrected chi connectivity index (χ3v) is 9.36. The first kappa shape index (κ1) is 28.0. The van der Waals surface area contributed by atoms with E-state index in [0.29, 0.717) is 25.9 Å². The summed E-state index contributed by atoms with van der Waals surface area (Å²) in [5.74, 6) is -0.201. The maximum absolute atomic E-state index is 13.4. The van der Waals surface area contributed by atoms with E-state index in [1.54, 1.807) is 11.8 Å². The van der Waals surface area contributed by atoms with E-state index in [1.165, 1.54) is 4.90 Å². The van der Waals surface area contributed by atoms with Gasteiger partial charge in [-0.3, -0.25) is 9.59 Å². The standard InChI is InChI=1S/C27H34ClF3N4O4/c1-16-24(38)35-18(6-8-23(37)33-12-11-26(9-10-26)22(36)15-33)3-2-4-19(35)14-34(16)25(39)32-17-5-7-20(21(28)13-17)27(29,30)31/h5,7,13,16,18-19,22,36H,2-4,6,8-12,14-15H2,1H3,(H,32,39)/t16-,18+,19-,22+/m0/s1. The van der Waals surface area contributed by atoms with Crippen LogP contribution in [0.4, 0.5) is 23.7 Å². The number of fused-ring (bicyclic) bond motifs is 1. The summed E-state index contributed by atoms with van der Waals surface area (Å²) in [4.78, 5) is 44.4. The van der Waals surface area contributed by atoms with E-state index in [2.05, 4.69) is 5.32 Å². The molecule has 39 heavy (non-hydrogen) atoms. The number of piperidine rings is 2. The summed E-state index contributed by atoms with van der Waals surface area (Å²) in [6.45, 7) is 2.96. The number of piperazine rings is 1. The minimum atomic E-state index is -4.60. The van der Waals surface area contributed by atoms with Gasteiger partial charge in [0, 0.05) is 43.8 Å². The molecular formula is C27H34ClF3N4O4. The Bertz CT molecular complexity index is 1140. The molecule has 3 aliphatic heterocycles. The average molecular weight is 571 g/mol. The highest BCUT2D eigenvalue weighted by Crippen LogP contribution is 2.53. The Labute approximate surface area is 230 Å². The summed E-state index contributed by atoms with van der Waals surface area (Å²) >= 11 is 5.78. The van der Waals surface area contributed by atoms with Crippen molar-refractivity contribution in [2.45, 2.75) is 88.7 Å². The molecule has 0 bridgehead atoms. The van der Waals surface area contributed by atoms with Crippen molar-refractivity contribution in [1.82, 2.24) is 14.7 Å². The Kier molecular flexibility index (Phi) is 7.52. The Hall–Kier alpha value is -2.53. The van der Waals surface area contributed by atoms with Crippen LogP contribution in [0, 0.1) is 5.41 Å². The van der Waals surface area contributed by atoms with Gasteiger partial charge in [-0.15, -0.1) is 0 Å². The van der Waals surface area contributed by atoms with Gasteiger partial charge >= 0.3 is 12.2 Å². The largest absolute Gasteiger partial charge is 0.417 e. The van der Waals surface area contributed by atoms with Crippen molar-refractivity contribution in [3.63, 3.8) is 0 Å². The van der Waals surface area contributed by atoms with Crippen LogP contribution in [0.5, 0.6) is 0 Å². The van der Waals surface area contributed by atoms with Crippen LogP contribution in [0.2, 0.25) is 5.02 Å². The second-order valence-electron chi connectivity index (χ2n) is 11.4. The lowest BCUT2D eigenvalue weighted by atomic mass is 9.88. The number of alkyl halides is 3. The molecular weight excluding hydrogens is 537 g/mol. The lowest BCUT2D eigenvalue weighted by molar-refractivity contribution is -0.150. The van der Waals surface area contributed by atoms with Gasteiger partial charge < -0.3 is 25.1 Å². The van der Waals surface area contributed by atoms with Crippen molar-refractivity contribution < 1.29 is 32.7 Å². The first-order valence-corrected chi connectivity index (χ1v) is 14.0. The highest BCUT2D eigenvalue weighted by Gasteiger charge is 2.52. The van der Waals surface area contributed by atoms with Gasteiger partial charge in [0.25, 0.3) is 0 Å². The Morgan fingerprint density at radius 3 is 2.56 bits per heavy atom. The zero-order valence-corrected chi connectivity index (χ0v) is 22.6. The summed E-state index contributed by atoms with van der Waals surface area (Å²) in [5, 5.41) is 12.5. The topological polar surface area (TPSA) is 93.2 Å². The maximum Gasteiger partial charge on any atom is 0.417 e. The number of likely N-dealkylation sites (tertiary alicyclic amines) is 1. The number of hydrogen-bond acceptors (Lipinski definition) is 4. The number of carbonyl (C=O) groups excluding carboxylic acids is 3. The number of anilines is 1. The predicted molar refractivity (Wildman–Crippen MR) is 138 cm³/mol. The van der Waals surface area contributed by atoms with Gasteiger partial charge in [0.2, 0.25) is 11.8 Å². The number of aliphatic hydroxyl groups excluding tert-OH is 1. The first-order valence-electron chi connectivity index (χ1n) is 13.6. The Morgan fingerprint density at radius 2 is 1.92 bits per heavy atom. The molecule has 4 fully saturated rings. The van der Waals surface area contributed by atoms with Crippen LogP contribution in [0.3, 0.4) is 0 Å². The molecule has 1 aliphatic carbocycles. The quantitative estimate of drug-likeness (QED) is 0.557. The number of nitrogens with one attached hydrogen (secondary N) is 1. The second kappa shape index (κ2) is 10.5. The van der Waals surface area contributed by atoms with Crippen molar-refractivity contribution in [3.05, 3.63) is 28.8 Å². The van der Waals surface area contributed by atoms with Gasteiger partial charge in [0.15, 0.2) is 0 Å². The predicted octanol–water partition coefficient (Wildman–Crippen LogP) is 4.50. The summed E-state index contributed by atoms with van der Waals surface area (Å²) in [6.07, 6.45) is 1.02. The van der Waals surface area contributed by atoms with E-state index in [-0.39, 0.29) is 41.5 Å². The molecule has 1 saturated carbocycles. The van der Waals surface area contributed by atoms with Gasteiger partial charge in [0.1, 0.15) is 6.04 Å². The molecule has 214 valence electrons. The summed E-state index contributed by atoms with van der Waals surface area (Å²) in [7, 11) is 0. The van der Waals surface area contributed by atoms with E-state index >= 15 is 0 Å². The minimum absolute atomic E-state index is 0.000358. The number of amides is 4. The number of nitrogens with zero attached hydrogens (tertiary/aromatic N) is 3. The van der Waals surface area contributed by atoms with Crippen LogP contribution in [0.1, 0.15) is 63.9 Å². The first-order chi connectivity index (χ1) is 18.4. The average Bonchev–Trinajstić information content (AvgIpc) is 3.66. The highest BCUT2D eigenvalue weighted by molar-refractivity contribution is 6.31. The summed E-state index contributed by atoms with van der Waals surface area (Å²) < 4.78 is 39.0. The Balaban J connectivity index is 1.19. The van der Waals surface area contributed by atoms with Crippen LogP contribution in [0.25, 0.3) is 0 Å². The lowest BCUT2D eigenvalue weighted by Crippen LogP contribution is -2.66. The number of benzene rings is 1. The summed E-state index contributed by atoms with van der Waals surface area (Å²) in [6, 6.07) is 1.34. The maximum atomic E-state index is 13.4. The zero-order chi connectivity index (χ0) is 28.1. The fourth-order valence-corrected chi connectivity index (χ4v) is 6.72. The molecule has 1 spiro atoms.